The molecule has 2 aliphatic heterocycles. The summed E-state index contributed by atoms with van der Waals surface area (Å²) < 4.78 is 0. The number of amides is 4. The van der Waals surface area contributed by atoms with Gasteiger partial charge in [0.1, 0.15) is 24.2 Å². The van der Waals surface area contributed by atoms with E-state index in [9.17, 15) is 29.1 Å². The molecule has 1 aliphatic carbocycles. The number of benzene rings is 2. The second kappa shape index (κ2) is 20.2. The van der Waals surface area contributed by atoms with Gasteiger partial charge < -0.3 is 37.4 Å². The number of carboxylic acids is 1. The van der Waals surface area contributed by atoms with Crippen molar-refractivity contribution in [3.05, 3.63) is 71.8 Å². The van der Waals surface area contributed by atoms with Gasteiger partial charge in [0.15, 0.2) is 0 Å². The Balaban J connectivity index is 1.22. The van der Waals surface area contributed by atoms with E-state index >= 15 is 0 Å². The monoisotopic (exact) mass is 773 g/mol. The van der Waals surface area contributed by atoms with Gasteiger partial charge in [0.2, 0.25) is 23.6 Å². The van der Waals surface area contributed by atoms with Crippen molar-refractivity contribution in [1.29, 1.82) is 0 Å². The number of carboxylic acid groups (broad SMARTS) is 1. The van der Waals surface area contributed by atoms with Crippen LogP contribution in [0.2, 0.25) is 0 Å². The molecule has 0 bridgehead atoms. The average molecular weight is 774 g/mol. The van der Waals surface area contributed by atoms with Gasteiger partial charge in [-0.05, 0) is 106 Å². The fourth-order valence-corrected chi connectivity index (χ4v) is 8.79. The molecule has 13 heteroatoms. The number of unbranched alkanes of at least 4 members (excludes halogenated alkanes) is 1. The summed E-state index contributed by atoms with van der Waals surface area (Å²) in [7, 11) is 0. The maximum atomic E-state index is 14.1. The van der Waals surface area contributed by atoms with Gasteiger partial charge in [0.05, 0.1) is 6.04 Å². The Hall–Kier alpha value is -4.33. The molecule has 4 unspecified atom stereocenters. The molecule has 13 nitrogen and oxygen atoms in total. The number of hydrogen-bond donors (Lipinski definition) is 6. The van der Waals surface area contributed by atoms with Gasteiger partial charge in [-0.25, -0.2) is 0 Å². The zero-order valence-electron chi connectivity index (χ0n) is 33.2. The van der Waals surface area contributed by atoms with E-state index in [4.69, 9.17) is 11.5 Å². The van der Waals surface area contributed by atoms with Crippen LogP contribution in [0.3, 0.4) is 0 Å². The summed E-state index contributed by atoms with van der Waals surface area (Å²) in [6, 6.07) is 15.1. The van der Waals surface area contributed by atoms with Gasteiger partial charge in [0.25, 0.3) is 0 Å². The second-order valence-electron chi connectivity index (χ2n) is 16.7. The SMILES string of the molecule is CC(C)CC(NC(=O)C(Cc1ccccc1)NC(=O)C(N)Cc1ccccc1)C(=O)NC(CCCCN)C(=O)N1CCC2(CC1)CC(N1CCC[C@@H]1C(=O)O)C2. The van der Waals surface area contributed by atoms with Crippen LogP contribution < -0.4 is 27.4 Å². The molecule has 56 heavy (non-hydrogen) atoms. The lowest BCUT2D eigenvalue weighted by molar-refractivity contribution is -0.147. The Kier molecular flexibility index (Phi) is 15.4. The molecule has 2 saturated heterocycles. The van der Waals surface area contributed by atoms with Crippen molar-refractivity contribution in [2.24, 2.45) is 22.8 Å². The minimum Gasteiger partial charge on any atom is -0.480 e. The predicted molar refractivity (Wildman–Crippen MR) is 215 cm³/mol. The highest BCUT2D eigenvalue weighted by Crippen LogP contribution is 2.52. The lowest BCUT2D eigenvalue weighted by Gasteiger charge is -2.55. The van der Waals surface area contributed by atoms with Crippen LogP contribution in [0.1, 0.15) is 89.2 Å². The van der Waals surface area contributed by atoms with Crippen LogP contribution in [-0.4, -0.2) is 107 Å². The Morgan fingerprint density at radius 2 is 1.36 bits per heavy atom. The van der Waals surface area contributed by atoms with Crippen molar-refractivity contribution in [1.82, 2.24) is 25.8 Å². The minimum atomic E-state index is -0.997. The molecule has 5 atom stereocenters. The molecule has 3 aliphatic rings. The van der Waals surface area contributed by atoms with Crippen molar-refractivity contribution in [2.75, 3.05) is 26.2 Å². The summed E-state index contributed by atoms with van der Waals surface area (Å²) in [5.41, 5.74) is 14.0. The molecule has 2 aromatic carbocycles. The predicted octanol–water partition coefficient (Wildman–Crippen LogP) is 2.75. The van der Waals surface area contributed by atoms with E-state index in [1.807, 2.05) is 79.4 Å². The van der Waals surface area contributed by atoms with Gasteiger partial charge >= 0.3 is 5.97 Å². The zero-order chi connectivity index (χ0) is 40.2. The van der Waals surface area contributed by atoms with E-state index in [1.165, 1.54) is 0 Å². The van der Waals surface area contributed by atoms with E-state index in [2.05, 4.69) is 20.9 Å². The highest BCUT2D eigenvalue weighted by Gasteiger charge is 2.51. The number of carbonyl (C=O) groups is 5. The van der Waals surface area contributed by atoms with E-state index in [1.54, 1.807) is 0 Å². The van der Waals surface area contributed by atoms with Crippen LogP contribution in [0.5, 0.6) is 0 Å². The first kappa shape index (κ1) is 42.8. The summed E-state index contributed by atoms with van der Waals surface area (Å²) in [4.78, 5) is 71.3. The average Bonchev–Trinajstić information content (AvgIpc) is 3.67. The number of piperidine rings is 1. The van der Waals surface area contributed by atoms with Crippen molar-refractivity contribution in [2.45, 2.75) is 127 Å². The first-order valence-electron chi connectivity index (χ1n) is 20.6. The van der Waals surface area contributed by atoms with Crippen LogP contribution in [0, 0.1) is 11.3 Å². The van der Waals surface area contributed by atoms with Crippen LogP contribution in [-0.2, 0) is 36.8 Å². The molecular weight excluding hydrogens is 711 g/mol. The highest BCUT2D eigenvalue weighted by molar-refractivity contribution is 5.95. The van der Waals surface area contributed by atoms with E-state index in [-0.39, 0.29) is 29.7 Å². The van der Waals surface area contributed by atoms with Gasteiger partial charge in [-0.1, -0.05) is 74.5 Å². The van der Waals surface area contributed by atoms with Crippen LogP contribution in [0.4, 0.5) is 0 Å². The molecule has 306 valence electrons. The summed E-state index contributed by atoms with van der Waals surface area (Å²) >= 11 is 0. The molecule has 0 radical (unpaired) electrons. The van der Waals surface area contributed by atoms with Crippen molar-refractivity contribution >= 4 is 29.6 Å². The zero-order valence-corrected chi connectivity index (χ0v) is 33.2. The third-order valence-corrected chi connectivity index (χ3v) is 12.0. The summed E-state index contributed by atoms with van der Waals surface area (Å²) in [6.07, 6.45) is 7.83. The van der Waals surface area contributed by atoms with Gasteiger partial charge in [-0.15, -0.1) is 0 Å². The number of nitrogens with zero attached hydrogens (tertiary/aromatic N) is 2. The van der Waals surface area contributed by atoms with Crippen LogP contribution in [0.25, 0.3) is 0 Å². The van der Waals surface area contributed by atoms with Crippen LogP contribution in [0.15, 0.2) is 60.7 Å². The van der Waals surface area contributed by atoms with Crippen LogP contribution >= 0.6 is 0 Å². The molecule has 0 aromatic heterocycles. The Bertz CT molecular complexity index is 1610. The van der Waals surface area contributed by atoms with Gasteiger partial charge in [-0.2, -0.15) is 0 Å². The van der Waals surface area contributed by atoms with E-state index < -0.39 is 53.9 Å². The van der Waals surface area contributed by atoms with E-state index in [0.717, 1.165) is 49.8 Å². The molecule has 4 amide bonds. The molecule has 1 spiro atoms. The maximum Gasteiger partial charge on any atom is 0.320 e. The number of aliphatic carboxylic acids is 1. The molecule has 8 N–H and O–H groups in total. The summed E-state index contributed by atoms with van der Waals surface area (Å²) in [6.45, 7) is 6.38. The lowest BCUT2D eigenvalue weighted by atomic mass is 9.60. The third kappa shape index (κ3) is 11.6. The highest BCUT2D eigenvalue weighted by atomic mass is 16.4. The quantitative estimate of drug-likeness (QED) is 0.116. The van der Waals surface area contributed by atoms with Gasteiger partial charge in [-0.3, -0.25) is 28.9 Å². The number of nitrogens with one attached hydrogen (secondary N) is 3. The lowest BCUT2D eigenvalue weighted by Crippen LogP contribution is -2.60. The first-order valence-corrected chi connectivity index (χ1v) is 20.6. The second-order valence-corrected chi connectivity index (χ2v) is 16.7. The van der Waals surface area contributed by atoms with Crippen molar-refractivity contribution < 1.29 is 29.1 Å². The summed E-state index contributed by atoms with van der Waals surface area (Å²) in [5.74, 6) is -2.26. The third-order valence-electron chi connectivity index (χ3n) is 12.0. The Labute approximate surface area is 331 Å². The maximum absolute atomic E-state index is 14.1. The molecule has 3 fully saturated rings. The minimum absolute atomic E-state index is 0.0369. The first-order chi connectivity index (χ1) is 26.9. The van der Waals surface area contributed by atoms with E-state index in [0.29, 0.717) is 58.2 Å². The fraction of sp³-hybridized carbons (Fsp3) is 0.605. The normalized spacial score (nSPS) is 20.4. The number of nitrogens with two attached hydrogens (primary N) is 2. The Morgan fingerprint density at radius 1 is 0.786 bits per heavy atom. The smallest absolute Gasteiger partial charge is 0.320 e. The molecular formula is C43H63N7O6. The van der Waals surface area contributed by atoms with Gasteiger partial charge in [0, 0.05) is 25.6 Å². The van der Waals surface area contributed by atoms with Crippen molar-refractivity contribution in [3.63, 3.8) is 0 Å². The molecule has 1 saturated carbocycles. The summed E-state index contributed by atoms with van der Waals surface area (Å²) in [5, 5.41) is 18.5. The molecule has 2 heterocycles. The number of rotatable bonds is 19. The Morgan fingerprint density at radius 3 is 1.95 bits per heavy atom. The molecule has 5 rings (SSSR count). The largest absolute Gasteiger partial charge is 0.480 e. The topological polar surface area (TPSA) is 200 Å². The standard InChI is InChI=1S/C43H63N7O6/c1-29(2)24-35(48-40(53)36(26-31-14-7-4-8-15-31)47-38(51)33(45)25-30-12-5-3-6-13-30)39(52)46-34(16-9-10-20-44)41(54)49-22-18-43(19-23-49)27-32(28-43)50-21-11-17-37(50)42(55)56/h3-8,12-15,29,32-37H,9-11,16-28,44-45H2,1-2H3,(H,46,52)(H,47,51)(H,48,53)(H,55,56)/t33?,34?,35?,36?,37-/m1/s1. The number of hydrogen-bond acceptors (Lipinski definition) is 8. The fourth-order valence-electron chi connectivity index (χ4n) is 8.79. The number of carbonyl (C=O) groups excluding carboxylic acids is 4. The van der Waals surface area contributed by atoms with Crippen molar-refractivity contribution in [3.8, 4) is 0 Å². The number of likely N-dealkylation sites (tertiary alicyclic amines) is 2. The molecule has 2 aromatic rings.